The number of hydrogen-bond donors (Lipinski definition) is 0. The Morgan fingerprint density at radius 2 is 1.84 bits per heavy atom. The molecule has 2 rings (SSSR count). The lowest BCUT2D eigenvalue weighted by molar-refractivity contribution is -0.129. The van der Waals surface area contributed by atoms with Crippen LogP contribution in [0.15, 0.2) is 30.3 Å². The van der Waals surface area contributed by atoms with Crippen molar-refractivity contribution in [3.8, 4) is 0 Å². The first-order valence-corrected chi connectivity index (χ1v) is 7.01. The minimum absolute atomic E-state index is 0.174. The molecule has 19 heavy (non-hydrogen) atoms. The second kappa shape index (κ2) is 5.74. The zero-order valence-electron chi connectivity index (χ0n) is 12.3. The van der Waals surface area contributed by atoms with E-state index >= 15 is 0 Å². The summed E-state index contributed by atoms with van der Waals surface area (Å²) in [6.07, 6.45) is 0.677. The van der Waals surface area contributed by atoms with E-state index in [0.29, 0.717) is 18.4 Å². The molecular weight excluding hydrogens is 236 g/mol. The molecule has 3 nitrogen and oxygen atoms in total. The molecule has 1 amide bonds. The number of nitrogens with zero attached hydrogens (tertiary/aromatic N) is 2. The fraction of sp³-hybridized carbons (Fsp3) is 0.562. The van der Waals surface area contributed by atoms with Crippen LogP contribution in [-0.2, 0) is 4.79 Å². The second-order valence-electron chi connectivity index (χ2n) is 5.80. The van der Waals surface area contributed by atoms with Gasteiger partial charge in [-0.3, -0.25) is 4.79 Å². The minimum atomic E-state index is 0.174. The zero-order valence-corrected chi connectivity index (χ0v) is 12.3. The Kier molecular flexibility index (Phi) is 4.25. The van der Waals surface area contributed by atoms with Crippen LogP contribution in [0, 0.1) is 5.92 Å². The van der Waals surface area contributed by atoms with E-state index in [4.69, 9.17) is 0 Å². The Bertz CT molecular complexity index is 430. The van der Waals surface area contributed by atoms with Crippen LogP contribution in [0.3, 0.4) is 0 Å². The maximum absolute atomic E-state index is 12.2. The third-order valence-corrected chi connectivity index (χ3v) is 4.43. The van der Waals surface area contributed by atoms with E-state index < -0.39 is 0 Å². The maximum atomic E-state index is 12.2. The Morgan fingerprint density at radius 3 is 2.42 bits per heavy atom. The molecule has 0 aliphatic carbocycles. The molecule has 0 unspecified atom stereocenters. The molecule has 1 heterocycles. The number of carbonyl (C=O) groups excluding carboxylic acids is 1. The summed E-state index contributed by atoms with van der Waals surface area (Å²) >= 11 is 0. The summed E-state index contributed by atoms with van der Waals surface area (Å²) in [5.41, 5.74) is 1.22. The van der Waals surface area contributed by atoms with Gasteiger partial charge in [-0.2, -0.15) is 0 Å². The van der Waals surface area contributed by atoms with Crippen LogP contribution in [0.2, 0.25) is 0 Å². The monoisotopic (exact) mass is 260 g/mol. The molecule has 3 heteroatoms. The molecule has 3 atom stereocenters. The first kappa shape index (κ1) is 14.1. The number of benzene rings is 1. The molecule has 0 bridgehead atoms. The van der Waals surface area contributed by atoms with Gasteiger partial charge in [0.25, 0.3) is 0 Å². The highest BCUT2D eigenvalue weighted by Crippen LogP contribution is 2.30. The summed E-state index contributed by atoms with van der Waals surface area (Å²) < 4.78 is 0. The van der Waals surface area contributed by atoms with Gasteiger partial charge < -0.3 is 9.80 Å². The van der Waals surface area contributed by atoms with Crippen molar-refractivity contribution in [2.45, 2.75) is 32.4 Å². The first-order chi connectivity index (χ1) is 9.00. The van der Waals surface area contributed by atoms with Gasteiger partial charge in [0.05, 0.1) is 6.04 Å². The van der Waals surface area contributed by atoms with Crippen molar-refractivity contribution in [3.63, 3.8) is 0 Å². The normalized spacial score (nSPS) is 22.9. The molecule has 1 saturated heterocycles. The Hall–Kier alpha value is -1.35. The standard InChI is InChI=1S/C16H24N2O/c1-12(17(3)4)15-10-16(19)18(11-15)13(2)14-8-6-5-7-9-14/h5-9,12-13,15H,10-11H2,1-4H3/t12-,13-,15-/m0/s1. The van der Waals surface area contributed by atoms with Gasteiger partial charge in [0.2, 0.25) is 5.91 Å². The molecule has 1 fully saturated rings. The van der Waals surface area contributed by atoms with Crippen LogP contribution < -0.4 is 0 Å². The summed E-state index contributed by atoms with van der Waals surface area (Å²) in [5.74, 6) is 0.726. The number of rotatable bonds is 4. The third kappa shape index (κ3) is 2.98. The summed E-state index contributed by atoms with van der Waals surface area (Å²) in [4.78, 5) is 16.5. The van der Waals surface area contributed by atoms with Gasteiger partial charge in [0.1, 0.15) is 0 Å². The highest BCUT2D eigenvalue weighted by Gasteiger charge is 2.36. The van der Waals surface area contributed by atoms with Crippen LogP contribution in [0.25, 0.3) is 0 Å². The average molecular weight is 260 g/mol. The maximum Gasteiger partial charge on any atom is 0.223 e. The van der Waals surface area contributed by atoms with Gasteiger partial charge in [-0.15, -0.1) is 0 Å². The highest BCUT2D eigenvalue weighted by atomic mass is 16.2. The van der Waals surface area contributed by atoms with Gasteiger partial charge in [0.15, 0.2) is 0 Å². The van der Waals surface area contributed by atoms with Crippen molar-refractivity contribution >= 4 is 5.91 Å². The second-order valence-corrected chi connectivity index (χ2v) is 5.80. The van der Waals surface area contributed by atoms with E-state index in [1.54, 1.807) is 0 Å². The van der Waals surface area contributed by atoms with Crippen molar-refractivity contribution in [2.75, 3.05) is 20.6 Å². The van der Waals surface area contributed by atoms with Crippen molar-refractivity contribution in [1.29, 1.82) is 0 Å². The Morgan fingerprint density at radius 1 is 1.21 bits per heavy atom. The van der Waals surface area contributed by atoms with E-state index in [1.807, 2.05) is 23.1 Å². The Balaban J connectivity index is 2.08. The van der Waals surface area contributed by atoms with Crippen molar-refractivity contribution in [2.24, 2.45) is 5.92 Å². The molecule has 0 N–H and O–H groups in total. The zero-order chi connectivity index (χ0) is 14.0. The molecule has 0 radical (unpaired) electrons. The number of carbonyl (C=O) groups is 1. The van der Waals surface area contributed by atoms with E-state index in [1.165, 1.54) is 5.56 Å². The highest BCUT2D eigenvalue weighted by molar-refractivity contribution is 5.79. The van der Waals surface area contributed by atoms with E-state index in [0.717, 1.165) is 6.54 Å². The number of likely N-dealkylation sites (tertiary alicyclic amines) is 1. The summed E-state index contributed by atoms with van der Waals surface area (Å²) in [7, 11) is 4.16. The van der Waals surface area contributed by atoms with Crippen molar-refractivity contribution in [1.82, 2.24) is 9.80 Å². The third-order valence-electron chi connectivity index (χ3n) is 4.43. The van der Waals surface area contributed by atoms with Gasteiger partial charge in [-0.1, -0.05) is 30.3 Å². The SMILES string of the molecule is C[C@@H]([C@H]1CC(=O)N([C@@H](C)c2ccccc2)C1)N(C)C. The largest absolute Gasteiger partial charge is 0.336 e. The van der Waals surface area contributed by atoms with E-state index in [9.17, 15) is 4.79 Å². The Labute approximate surface area is 116 Å². The quantitative estimate of drug-likeness (QED) is 0.830. The lowest BCUT2D eigenvalue weighted by Gasteiger charge is -2.28. The number of hydrogen-bond acceptors (Lipinski definition) is 2. The molecule has 0 aromatic heterocycles. The summed E-state index contributed by atoms with van der Waals surface area (Å²) in [5, 5.41) is 0. The molecule has 1 aromatic carbocycles. The summed E-state index contributed by atoms with van der Waals surface area (Å²) in [6, 6.07) is 10.9. The van der Waals surface area contributed by atoms with Gasteiger partial charge in [-0.05, 0) is 33.5 Å². The van der Waals surface area contributed by atoms with Crippen LogP contribution in [0.4, 0.5) is 0 Å². The predicted octanol–water partition coefficient (Wildman–Crippen LogP) is 2.55. The lowest BCUT2D eigenvalue weighted by atomic mass is 9.99. The first-order valence-electron chi connectivity index (χ1n) is 7.01. The average Bonchev–Trinajstić information content (AvgIpc) is 2.80. The van der Waals surface area contributed by atoms with Crippen LogP contribution in [0.1, 0.15) is 31.9 Å². The molecule has 1 aromatic rings. The van der Waals surface area contributed by atoms with Gasteiger partial charge >= 0.3 is 0 Å². The predicted molar refractivity (Wildman–Crippen MR) is 77.8 cm³/mol. The molecule has 1 aliphatic rings. The molecule has 104 valence electrons. The molecular formula is C16H24N2O. The van der Waals surface area contributed by atoms with Crippen LogP contribution in [-0.4, -0.2) is 42.4 Å². The molecule has 1 aliphatic heterocycles. The molecule has 0 spiro atoms. The topological polar surface area (TPSA) is 23.6 Å². The fourth-order valence-electron chi connectivity index (χ4n) is 2.79. The van der Waals surface area contributed by atoms with Crippen LogP contribution >= 0.6 is 0 Å². The van der Waals surface area contributed by atoms with E-state index in [-0.39, 0.29) is 11.9 Å². The smallest absolute Gasteiger partial charge is 0.223 e. The van der Waals surface area contributed by atoms with Gasteiger partial charge in [0, 0.05) is 24.9 Å². The summed E-state index contributed by atoms with van der Waals surface area (Å²) in [6.45, 7) is 5.19. The van der Waals surface area contributed by atoms with Gasteiger partial charge in [-0.25, -0.2) is 0 Å². The minimum Gasteiger partial charge on any atom is -0.336 e. The lowest BCUT2D eigenvalue weighted by Crippen LogP contribution is -2.35. The van der Waals surface area contributed by atoms with Crippen molar-refractivity contribution < 1.29 is 4.79 Å². The number of amides is 1. The fourth-order valence-corrected chi connectivity index (χ4v) is 2.79. The van der Waals surface area contributed by atoms with Crippen molar-refractivity contribution in [3.05, 3.63) is 35.9 Å². The molecule has 0 saturated carbocycles. The van der Waals surface area contributed by atoms with E-state index in [2.05, 4.69) is 45.0 Å². The van der Waals surface area contributed by atoms with Crippen LogP contribution in [0.5, 0.6) is 0 Å².